The number of carbonyl (C=O) groups excluding carboxylic acids is 1. The molecule has 0 radical (unpaired) electrons. The number of nitrogens with zero attached hydrogens (tertiary/aromatic N) is 1. The molecule has 1 fully saturated rings. The smallest absolute Gasteiger partial charge is 0.287 e. The number of hydrogen-bond donors (Lipinski definition) is 1. The second-order valence-corrected chi connectivity index (χ2v) is 9.19. The van der Waals surface area contributed by atoms with E-state index in [1.165, 1.54) is 17.8 Å². The first-order valence-electron chi connectivity index (χ1n) is 9.29. The van der Waals surface area contributed by atoms with Crippen molar-refractivity contribution in [1.82, 2.24) is 9.62 Å². The molecule has 146 valence electrons. The molecule has 1 heterocycles. The van der Waals surface area contributed by atoms with Crippen LogP contribution in [0.4, 0.5) is 0 Å². The van der Waals surface area contributed by atoms with E-state index in [-0.39, 0.29) is 29.1 Å². The van der Waals surface area contributed by atoms with E-state index in [4.69, 9.17) is 4.42 Å². The van der Waals surface area contributed by atoms with E-state index in [9.17, 15) is 13.2 Å². The van der Waals surface area contributed by atoms with Gasteiger partial charge >= 0.3 is 0 Å². The second kappa shape index (κ2) is 8.27. The van der Waals surface area contributed by atoms with Crippen LogP contribution in [0.3, 0.4) is 0 Å². The fourth-order valence-electron chi connectivity index (χ4n) is 3.28. The van der Waals surface area contributed by atoms with E-state index in [2.05, 4.69) is 5.32 Å². The second-order valence-electron chi connectivity index (χ2n) is 7.15. The number of rotatable bonds is 6. The van der Waals surface area contributed by atoms with Gasteiger partial charge in [0.05, 0.1) is 11.4 Å². The van der Waals surface area contributed by atoms with Gasteiger partial charge in [0.25, 0.3) is 5.91 Å². The van der Waals surface area contributed by atoms with Crippen molar-refractivity contribution in [2.75, 3.05) is 7.05 Å². The van der Waals surface area contributed by atoms with Gasteiger partial charge in [0.15, 0.2) is 5.76 Å². The Labute approximate surface area is 160 Å². The lowest BCUT2D eigenvalue weighted by atomic mass is 9.95. The molecule has 1 amide bonds. The molecule has 0 spiro atoms. The van der Waals surface area contributed by atoms with Crippen LogP contribution in [0.1, 0.15) is 54.0 Å². The highest BCUT2D eigenvalue weighted by atomic mass is 32.2. The van der Waals surface area contributed by atoms with Crippen molar-refractivity contribution in [1.29, 1.82) is 0 Å². The number of sulfonamides is 1. The molecule has 0 aliphatic heterocycles. The Morgan fingerprint density at radius 1 is 1.11 bits per heavy atom. The summed E-state index contributed by atoms with van der Waals surface area (Å²) in [5, 5.41) is 3.00. The summed E-state index contributed by atoms with van der Waals surface area (Å²) in [4.78, 5) is 12.6. The summed E-state index contributed by atoms with van der Waals surface area (Å²) in [6.45, 7) is 1.97. The number of nitrogens with one attached hydrogen (secondary N) is 1. The van der Waals surface area contributed by atoms with E-state index in [1.54, 1.807) is 36.4 Å². The standard InChI is InChI=1S/C20H26N2O4S/c1-15-8-11-18(12-9-15)27(24,25)22(2)14-17-10-13-19(26-17)20(23)21-16-6-4-3-5-7-16/h8-13,16H,3-7,14H2,1-2H3,(H,21,23). The van der Waals surface area contributed by atoms with Gasteiger partial charge in [-0.3, -0.25) is 4.79 Å². The first-order valence-corrected chi connectivity index (χ1v) is 10.7. The maximum absolute atomic E-state index is 12.7. The van der Waals surface area contributed by atoms with Gasteiger partial charge in [0.2, 0.25) is 10.0 Å². The van der Waals surface area contributed by atoms with Gasteiger partial charge in [-0.1, -0.05) is 37.0 Å². The Balaban J connectivity index is 1.64. The highest BCUT2D eigenvalue weighted by Crippen LogP contribution is 2.20. The molecule has 1 aromatic carbocycles. The Morgan fingerprint density at radius 2 is 1.78 bits per heavy atom. The molecule has 0 atom stereocenters. The largest absolute Gasteiger partial charge is 0.455 e. The van der Waals surface area contributed by atoms with Crippen LogP contribution in [0.5, 0.6) is 0 Å². The lowest BCUT2D eigenvalue weighted by molar-refractivity contribution is 0.0897. The molecule has 0 unspecified atom stereocenters. The van der Waals surface area contributed by atoms with E-state index < -0.39 is 10.0 Å². The van der Waals surface area contributed by atoms with Gasteiger partial charge in [-0.15, -0.1) is 0 Å². The van der Waals surface area contributed by atoms with Crippen molar-refractivity contribution in [3.05, 3.63) is 53.5 Å². The number of amides is 1. The topological polar surface area (TPSA) is 79.6 Å². The van der Waals surface area contributed by atoms with Gasteiger partial charge in [-0.05, 0) is 44.0 Å². The van der Waals surface area contributed by atoms with E-state index in [0.717, 1.165) is 31.2 Å². The molecule has 2 aromatic rings. The Hall–Kier alpha value is -2.12. The zero-order valence-corrected chi connectivity index (χ0v) is 16.6. The van der Waals surface area contributed by atoms with Crippen LogP contribution in [0, 0.1) is 6.92 Å². The monoisotopic (exact) mass is 390 g/mol. The lowest BCUT2D eigenvalue weighted by Crippen LogP contribution is -2.35. The summed E-state index contributed by atoms with van der Waals surface area (Å²) in [6.07, 6.45) is 5.48. The van der Waals surface area contributed by atoms with E-state index in [1.807, 2.05) is 6.92 Å². The molecule has 1 saturated carbocycles. The zero-order chi connectivity index (χ0) is 19.4. The van der Waals surface area contributed by atoms with Gasteiger partial charge in [-0.25, -0.2) is 8.42 Å². The molecule has 0 saturated heterocycles. The minimum atomic E-state index is -3.61. The molecule has 1 aliphatic rings. The number of hydrogen-bond acceptors (Lipinski definition) is 4. The molecule has 7 heteroatoms. The maximum atomic E-state index is 12.7. The summed E-state index contributed by atoms with van der Waals surface area (Å²) >= 11 is 0. The normalized spacial score (nSPS) is 15.8. The third kappa shape index (κ3) is 4.78. The van der Waals surface area contributed by atoms with Crippen molar-refractivity contribution >= 4 is 15.9 Å². The summed E-state index contributed by atoms with van der Waals surface area (Å²) in [5.74, 6) is 0.413. The van der Waals surface area contributed by atoms with Gasteiger partial charge in [0.1, 0.15) is 5.76 Å². The Kier molecular flexibility index (Phi) is 6.01. The van der Waals surface area contributed by atoms with Crippen molar-refractivity contribution in [2.45, 2.75) is 56.5 Å². The molecular weight excluding hydrogens is 364 g/mol. The third-order valence-electron chi connectivity index (χ3n) is 4.93. The first-order chi connectivity index (χ1) is 12.9. The molecule has 1 N–H and O–H groups in total. The van der Waals surface area contributed by atoms with Crippen LogP contribution in [0.25, 0.3) is 0 Å². The predicted molar refractivity (Wildman–Crippen MR) is 103 cm³/mol. The predicted octanol–water partition coefficient (Wildman–Crippen LogP) is 3.47. The Morgan fingerprint density at radius 3 is 2.44 bits per heavy atom. The fraction of sp³-hybridized carbons (Fsp3) is 0.450. The summed E-state index contributed by atoms with van der Waals surface area (Å²) < 4.78 is 32.1. The van der Waals surface area contributed by atoms with Gasteiger partial charge in [-0.2, -0.15) is 4.31 Å². The van der Waals surface area contributed by atoms with E-state index >= 15 is 0 Å². The molecule has 6 nitrogen and oxygen atoms in total. The van der Waals surface area contributed by atoms with Crippen molar-refractivity contribution < 1.29 is 17.6 Å². The highest BCUT2D eigenvalue weighted by molar-refractivity contribution is 7.89. The van der Waals surface area contributed by atoms with Gasteiger partial charge in [0, 0.05) is 13.1 Å². The molecular formula is C20H26N2O4S. The maximum Gasteiger partial charge on any atom is 0.287 e. The fourth-order valence-corrected chi connectivity index (χ4v) is 4.42. The first kappa shape index (κ1) is 19.6. The number of aryl methyl sites for hydroxylation is 1. The van der Waals surface area contributed by atoms with Crippen molar-refractivity contribution in [3.8, 4) is 0 Å². The zero-order valence-electron chi connectivity index (χ0n) is 15.8. The molecule has 1 aromatic heterocycles. The average molecular weight is 391 g/mol. The lowest BCUT2D eigenvalue weighted by Gasteiger charge is -2.22. The number of benzene rings is 1. The van der Waals surface area contributed by atoms with Crippen molar-refractivity contribution in [2.24, 2.45) is 0 Å². The summed E-state index contributed by atoms with van der Waals surface area (Å²) in [7, 11) is -2.12. The average Bonchev–Trinajstić information content (AvgIpc) is 3.11. The summed E-state index contributed by atoms with van der Waals surface area (Å²) in [5.41, 5.74) is 0.997. The molecule has 1 aliphatic carbocycles. The van der Waals surface area contributed by atoms with Crippen LogP contribution in [0.15, 0.2) is 45.7 Å². The quantitative estimate of drug-likeness (QED) is 0.819. The molecule has 27 heavy (non-hydrogen) atoms. The number of furan rings is 1. The SMILES string of the molecule is Cc1ccc(S(=O)(=O)N(C)Cc2ccc(C(=O)NC3CCCCC3)o2)cc1. The molecule has 3 rings (SSSR count). The summed E-state index contributed by atoms with van der Waals surface area (Å²) in [6, 6.07) is 10.2. The Bertz CT molecular complexity index is 881. The minimum Gasteiger partial charge on any atom is -0.455 e. The van der Waals surface area contributed by atoms with Crippen molar-refractivity contribution in [3.63, 3.8) is 0 Å². The van der Waals surface area contributed by atoms with Crippen LogP contribution in [0.2, 0.25) is 0 Å². The highest BCUT2D eigenvalue weighted by Gasteiger charge is 2.23. The van der Waals surface area contributed by atoms with E-state index in [0.29, 0.717) is 5.76 Å². The van der Waals surface area contributed by atoms with Crippen LogP contribution in [-0.4, -0.2) is 31.7 Å². The third-order valence-corrected chi connectivity index (χ3v) is 6.75. The molecule has 0 bridgehead atoms. The number of carbonyl (C=O) groups is 1. The van der Waals surface area contributed by atoms with Crippen LogP contribution >= 0.6 is 0 Å². The van der Waals surface area contributed by atoms with Crippen LogP contribution < -0.4 is 5.32 Å². The van der Waals surface area contributed by atoms with Crippen LogP contribution in [-0.2, 0) is 16.6 Å². The minimum absolute atomic E-state index is 0.0624. The van der Waals surface area contributed by atoms with Gasteiger partial charge < -0.3 is 9.73 Å².